The Bertz CT molecular complexity index is 577. The van der Waals surface area contributed by atoms with Crippen molar-refractivity contribution in [3.63, 3.8) is 0 Å². The Balaban J connectivity index is 2.35. The first-order valence-electron chi connectivity index (χ1n) is 5.97. The van der Waals surface area contributed by atoms with Crippen LogP contribution < -0.4 is 0 Å². The molecule has 2 aromatic heterocycles. The van der Waals surface area contributed by atoms with Gasteiger partial charge in [-0.25, -0.2) is 0 Å². The van der Waals surface area contributed by atoms with Gasteiger partial charge in [-0.2, -0.15) is 5.10 Å². The summed E-state index contributed by atoms with van der Waals surface area (Å²) in [6.07, 6.45) is 4.35. The van der Waals surface area contributed by atoms with Crippen molar-refractivity contribution in [2.75, 3.05) is 5.75 Å². The van der Waals surface area contributed by atoms with Gasteiger partial charge < -0.3 is 5.11 Å². The molecule has 0 aromatic carbocycles. The van der Waals surface area contributed by atoms with E-state index in [-0.39, 0.29) is 5.75 Å². The molecule has 0 spiro atoms. The van der Waals surface area contributed by atoms with Gasteiger partial charge in [0.2, 0.25) is 0 Å². The number of aromatic nitrogens is 5. The SMILES string of the molecule is CCc1nnc(SCC(=O)O)n1-c1cnn(CC)c1. The molecule has 1 N–H and O–H groups in total. The number of carboxylic acids is 1. The van der Waals surface area contributed by atoms with Crippen LogP contribution in [0.4, 0.5) is 0 Å². The number of nitrogens with zero attached hydrogens (tertiary/aromatic N) is 5. The molecule has 0 aliphatic carbocycles. The van der Waals surface area contributed by atoms with Gasteiger partial charge in [0.15, 0.2) is 5.16 Å². The van der Waals surface area contributed by atoms with Crippen molar-refractivity contribution in [2.45, 2.75) is 32.0 Å². The molecule has 0 saturated carbocycles. The molecule has 2 rings (SSSR count). The highest BCUT2D eigenvalue weighted by atomic mass is 32.2. The molecule has 8 heteroatoms. The zero-order chi connectivity index (χ0) is 13.8. The van der Waals surface area contributed by atoms with Crippen molar-refractivity contribution >= 4 is 17.7 Å². The van der Waals surface area contributed by atoms with Crippen LogP contribution >= 0.6 is 11.8 Å². The summed E-state index contributed by atoms with van der Waals surface area (Å²) in [6.45, 7) is 4.77. The molecular weight excluding hydrogens is 266 g/mol. The van der Waals surface area contributed by atoms with Crippen molar-refractivity contribution in [1.82, 2.24) is 24.5 Å². The summed E-state index contributed by atoms with van der Waals surface area (Å²) in [5, 5.41) is 21.7. The van der Waals surface area contributed by atoms with Crippen LogP contribution in [0.1, 0.15) is 19.7 Å². The van der Waals surface area contributed by atoms with E-state index in [0.29, 0.717) is 5.16 Å². The molecule has 0 fully saturated rings. The quantitative estimate of drug-likeness (QED) is 0.801. The van der Waals surface area contributed by atoms with Crippen molar-refractivity contribution in [3.8, 4) is 5.69 Å². The molecule has 0 bridgehead atoms. The highest BCUT2D eigenvalue weighted by Gasteiger charge is 2.15. The van der Waals surface area contributed by atoms with Crippen LogP contribution in [0.2, 0.25) is 0 Å². The summed E-state index contributed by atoms with van der Waals surface area (Å²) >= 11 is 1.16. The number of carboxylic acid groups (broad SMARTS) is 1. The van der Waals surface area contributed by atoms with Crippen LogP contribution in [0, 0.1) is 0 Å². The van der Waals surface area contributed by atoms with Crippen LogP contribution in [-0.2, 0) is 17.8 Å². The lowest BCUT2D eigenvalue weighted by Crippen LogP contribution is -2.04. The lowest BCUT2D eigenvalue weighted by molar-refractivity contribution is -0.133. The third-order valence-corrected chi connectivity index (χ3v) is 3.46. The van der Waals surface area contributed by atoms with E-state index in [2.05, 4.69) is 15.3 Å². The minimum atomic E-state index is -0.873. The number of hydrogen-bond donors (Lipinski definition) is 1. The summed E-state index contributed by atoms with van der Waals surface area (Å²) in [6, 6.07) is 0. The van der Waals surface area contributed by atoms with Crippen LogP contribution in [0.5, 0.6) is 0 Å². The van der Waals surface area contributed by atoms with Gasteiger partial charge in [-0.05, 0) is 6.92 Å². The van der Waals surface area contributed by atoms with E-state index in [1.54, 1.807) is 10.9 Å². The summed E-state index contributed by atoms with van der Waals surface area (Å²) < 4.78 is 3.66. The first-order valence-corrected chi connectivity index (χ1v) is 6.96. The first kappa shape index (κ1) is 13.6. The monoisotopic (exact) mass is 281 g/mol. The van der Waals surface area contributed by atoms with Crippen molar-refractivity contribution in [2.24, 2.45) is 0 Å². The predicted octanol–water partition coefficient (Wildman–Crippen LogP) is 1.22. The van der Waals surface area contributed by atoms with E-state index in [9.17, 15) is 4.79 Å². The van der Waals surface area contributed by atoms with Crippen LogP contribution in [0.15, 0.2) is 17.6 Å². The fourth-order valence-corrected chi connectivity index (χ4v) is 2.34. The zero-order valence-electron chi connectivity index (χ0n) is 10.8. The Morgan fingerprint density at radius 3 is 2.79 bits per heavy atom. The van der Waals surface area contributed by atoms with E-state index in [1.165, 1.54) is 0 Å². The molecular formula is C11H15N5O2S. The second-order valence-electron chi connectivity index (χ2n) is 3.82. The average molecular weight is 281 g/mol. The van der Waals surface area contributed by atoms with Gasteiger partial charge in [0.05, 0.1) is 17.6 Å². The van der Waals surface area contributed by atoms with Gasteiger partial charge >= 0.3 is 5.97 Å². The molecule has 0 saturated heterocycles. The maximum absolute atomic E-state index is 10.7. The Labute approximate surface area is 114 Å². The van der Waals surface area contributed by atoms with Crippen molar-refractivity contribution in [3.05, 3.63) is 18.2 Å². The summed E-state index contributed by atoms with van der Waals surface area (Å²) in [7, 11) is 0. The van der Waals surface area contributed by atoms with Crippen molar-refractivity contribution < 1.29 is 9.90 Å². The molecule has 0 radical (unpaired) electrons. The lowest BCUT2D eigenvalue weighted by atomic mass is 10.4. The molecule has 7 nitrogen and oxygen atoms in total. The smallest absolute Gasteiger partial charge is 0.313 e. The summed E-state index contributed by atoms with van der Waals surface area (Å²) in [4.78, 5) is 10.7. The number of thioether (sulfide) groups is 1. The Hall–Kier alpha value is -1.83. The topological polar surface area (TPSA) is 85.8 Å². The lowest BCUT2D eigenvalue weighted by Gasteiger charge is -2.05. The predicted molar refractivity (Wildman–Crippen MR) is 70.6 cm³/mol. The number of aliphatic carboxylic acids is 1. The number of hydrogen-bond acceptors (Lipinski definition) is 5. The molecule has 0 aliphatic rings. The Kier molecular flexibility index (Phi) is 4.20. The minimum absolute atomic E-state index is 0.0379. The molecule has 0 atom stereocenters. The van der Waals surface area contributed by atoms with E-state index in [4.69, 9.17) is 5.11 Å². The van der Waals surface area contributed by atoms with Crippen LogP contribution in [0.3, 0.4) is 0 Å². The van der Waals surface area contributed by atoms with Gasteiger partial charge in [-0.1, -0.05) is 18.7 Å². The molecule has 2 heterocycles. The second kappa shape index (κ2) is 5.87. The van der Waals surface area contributed by atoms with E-state index < -0.39 is 5.97 Å². The van der Waals surface area contributed by atoms with E-state index >= 15 is 0 Å². The zero-order valence-corrected chi connectivity index (χ0v) is 11.6. The number of rotatable bonds is 6. The third kappa shape index (κ3) is 2.95. The fourth-order valence-electron chi connectivity index (χ4n) is 1.65. The highest BCUT2D eigenvalue weighted by molar-refractivity contribution is 7.99. The van der Waals surface area contributed by atoms with Gasteiger partial charge in [0.1, 0.15) is 5.82 Å². The maximum Gasteiger partial charge on any atom is 0.313 e. The molecule has 0 aliphatic heterocycles. The van der Waals surface area contributed by atoms with Gasteiger partial charge in [0, 0.05) is 19.2 Å². The van der Waals surface area contributed by atoms with Gasteiger partial charge in [-0.15, -0.1) is 10.2 Å². The number of aryl methyl sites for hydroxylation is 2. The maximum atomic E-state index is 10.7. The fraction of sp³-hybridized carbons (Fsp3) is 0.455. The molecule has 2 aromatic rings. The van der Waals surface area contributed by atoms with Gasteiger partial charge in [0.25, 0.3) is 0 Å². The number of carbonyl (C=O) groups is 1. The summed E-state index contributed by atoms with van der Waals surface area (Å²) in [5.41, 5.74) is 0.858. The molecule has 0 amide bonds. The minimum Gasteiger partial charge on any atom is -0.481 e. The highest BCUT2D eigenvalue weighted by Crippen LogP contribution is 2.21. The van der Waals surface area contributed by atoms with E-state index in [1.807, 2.05) is 24.6 Å². The Morgan fingerprint density at radius 2 is 2.21 bits per heavy atom. The third-order valence-electron chi connectivity index (χ3n) is 2.54. The average Bonchev–Trinajstić information content (AvgIpc) is 3.01. The standard InChI is InChI=1S/C11H15N5O2S/c1-3-9-13-14-11(19-7-10(17)18)16(9)8-5-12-15(4-2)6-8/h5-6H,3-4,7H2,1-2H3,(H,17,18). The first-order chi connectivity index (χ1) is 9.15. The second-order valence-corrected chi connectivity index (χ2v) is 4.77. The van der Waals surface area contributed by atoms with Crippen molar-refractivity contribution in [1.29, 1.82) is 0 Å². The molecule has 19 heavy (non-hydrogen) atoms. The molecule has 0 unspecified atom stereocenters. The van der Waals surface area contributed by atoms with Crippen LogP contribution in [-0.4, -0.2) is 41.4 Å². The Morgan fingerprint density at radius 1 is 1.42 bits per heavy atom. The van der Waals surface area contributed by atoms with E-state index in [0.717, 1.165) is 36.2 Å². The largest absolute Gasteiger partial charge is 0.481 e. The molecule has 102 valence electrons. The van der Waals surface area contributed by atoms with Crippen LogP contribution in [0.25, 0.3) is 5.69 Å². The normalized spacial score (nSPS) is 10.8. The van der Waals surface area contributed by atoms with Gasteiger partial charge in [-0.3, -0.25) is 14.0 Å². The summed E-state index contributed by atoms with van der Waals surface area (Å²) in [5.74, 6) is -0.116.